The van der Waals surface area contributed by atoms with E-state index < -0.39 is 17.5 Å². The lowest BCUT2D eigenvalue weighted by Crippen LogP contribution is -1.98. The predicted molar refractivity (Wildman–Crippen MR) is 126 cm³/mol. The standard InChI is InChI=1S/C28H24F3N/c1-3-4-18-5-7-19(8-6-18)20-9-11-21(12-10-20)22-13-14-24(25(29)15-22)23-16-26(30)28(32-2)27(31)17-23/h5-17,32H,3-4H2,1-2H3. The molecular weight excluding hydrogens is 407 g/mol. The number of hydrogen-bond acceptors (Lipinski definition) is 1. The average Bonchev–Trinajstić information content (AvgIpc) is 2.80. The summed E-state index contributed by atoms with van der Waals surface area (Å²) < 4.78 is 43.0. The smallest absolute Gasteiger partial charge is 0.149 e. The molecule has 4 aromatic rings. The van der Waals surface area contributed by atoms with E-state index in [0.717, 1.165) is 41.7 Å². The fourth-order valence-electron chi connectivity index (χ4n) is 3.90. The van der Waals surface area contributed by atoms with Gasteiger partial charge >= 0.3 is 0 Å². The van der Waals surface area contributed by atoms with Gasteiger partial charge in [-0.15, -0.1) is 0 Å². The number of halogens is 3. The van der Waals surface area contributed by atoms with Crippen molar-refractivity contribution in [2.45, 2.75) is 19.8 Å². The molecule has 0 unspecified atom stereocenters. The normalized spacial score (nSPS) is 10.9. The molecule has 0 aliphatic heterocycles. The summed E-state index contributed by atoms with van der Waals surface area (Å²) >= 11 is 0. The van der Waals surface area contributed by atoms with Crippen LogP contribution in [0.1, 0.15) is 18.9 Å². The lowest BCUT2D eigenvalue weighted by atomic mass is 9.97. The minimum Gasteiger partial charge on any atom is -0.383 e. The summed E-state index contributed by atoms with van der Waals surface area (Å²) in [5.41, 5.74) is 5.18. The van der Waals surface area contributed by atoms with E-state index in [9.17, 15) is 13.2 Å². The predicted octanol–water partition coefficient (Wildman–Crippen LogP) is 8.10. The lowest BCUT2D eigenvalue weighted by Gasteiger charge is -2.10. The number of anilines is 1. The summed E-state index contributed by atoms with van der Waals surface area (Å²) in [7, 11) is 1.43. The van der Waals surface area contributed by atoms with Crippen molar-refractivity contribution >= 4 is 5.69 Å². The highest BCUT2D eigenvalue weighted by atomic mass is 19.1. The summed E-state index contributed by atoms with van der Waals surface area (Å²) in [6.07, 6.45) is 2.19. The molecule has 32 heavy (non-hydrogen) atoms. The van der Waals surface area contributed by atoms with Gasteiger partial charge in [-0.1, -0.05) is 74.0 Å². The summed E-state index contributed by atoms with van der Waals surface area (Å²) in [5, 5.41) is 2.47. The highest BCUT2D eigenvalue weighted by Gasteiger charge is 2.14. The van der Waals surface area contributed by atoms with Gasteiger partial charge in [-0.25, -0.2) is 13.2 Å². The van der Waals surface area contributed by atoms with Crippen LogP contribution in [0.5, 0.6) is 0 Å². The number of nitrogens with one attached hydrogen (secondary N) is 1. The maximum absolute atomic E-state index is 14.9. The van der Waals surface area contributed by atoms with E-state index in [2.05, 4.69) is 36.5 Å². The van der Waals surface area contributed by atoms with E-state index in [-0.39, 0.29) is 16.8 Å². The van der Waals surface area contributed by atoms with Gasteiger partial charge in [-0.05, 0) is 58.0 Å². The molecule has 4 heteroatoms. The van der Waals surface area contributed by atoms with Crippen LogP contribution in [0.15, 0.2) is 78.9 Å². The first-order chi connectivity index (χ1) is 15.5. The average molecular weight is 432 g/mol. The Labute approximate surface area is 186 Å². The summed E-state index contributed by atoms with van der Waals surface area (Å²) in [6.45, 7) is 2.16. The van der Waals surface area contributed by atoms with E-state index >= 15 is 0 Å². The largest absolute Gasteiger partial charge is 0.383 e. The van der Waals surface area contributed by atoms with Crippen LogP contribution in [-0.4, -0.2) is 7.05 Å². The molecule has 0 aromatic heterocycles. The summed E-state index contributed by atoms with van der Waals surface area (Å²) in [6, 6.07) is 23.4. The quantitative estimate of drug-likeness (QED) is 0.325. The van der Waals surface area contributed by atoms with Gasteiger partial charge in [0.1, 0.15) is 23.1 Å². The van der Waals surface area contributed by atoms with Crippen LogP contribution in [0.4, 0.5) is 18.9 Å². The number of benzene rings is 4. The second kappa shape index (κ2) is 9.31. The molecule has 0 aliphatic rings. The Balaban J connectivity index is 1.59. The summed E-state index contributed by atoms with van der Waals surface area (Å²) in [5.74, 6) is -2.05. The van der Waals surface area contributed by atoms with Crippen LogP contribution in [0.2, 0.25) is 0 Å². The highest BCUT2D eigenvalue weighted by Crippen LogP contribution is 2.32. The fourth-order valence-corrected chi connectivity index (χ4v) is 3.90. The van der Waals surface area contributed by atoms with Gasteiger partial charge in [0.2, 0.25) is 0 Å². The van der Waals surface area contributed by atoms with E-state index in [0.29, 0.717) is 5.56 Å². The van der Waals surface area contributed by atoms with E-state index in [1.807, 2.05) is 24.3 Å². The zero-order valence-electron chi connectivity index (χ0n) is 18.1. The fraction of sp³-hybridized carbons (Fsp3) is 0.143. The molecule has 1 N–H and O–H groups in total. The molecule has 0 amide bonds. The molecule has 0 bridgehead atoms. The third-order valence-corrected chi connectivity index (χ3v) is 5.62. The van der Waals surface area contributed by atoms with Crippen molar-refractivity contribution in [2.24, 2.45) is 0 Å². The van der Waals surface area contributed by atoms with Crippen LogP contribution in [0.3, 0.4) is 0 Å². The van der Waals surface area contributed by atoms with Gasteiger partial charge in [0.05, 0.1) is 0 Å². The number of rotatable bonds is 6. The summed E-state index contributed by atoms with van der Waals surface area (Å²) in [4.78, 5) is 0. The SMILES string of the molecule is CCCc1ccc(-c2ccc(-c3ccc(-c4cc(F)c(NC)c(F)c4)c(F)c3)cc2)cc1. The first-order valence-electron chi connectivity index (χ1n) is 10.7. The molecular formula is C28H24F3N. The van der Waals surface area contributed by atoms with E-state index in [1.165, 1.54) is 18.7 Å². The van der Waals surface area contributed by atoms with Gasteiger partial charge in [0, 0.05) is 12.6 Å². The van der Waals surface area contributed by atoms with Crippen molar-refractivity contribution in [3.05, 3.63) is 102 Å². The van der Waals surface area contributed by atoms with E-state index in [1.54, 1.807) is 12.1 Å². The number of hydrogen-bond donors (Lipinski definition) is 1. The minimum atomic E-state index is -0.760. The maximum atomic E-state index is 14.9. The zero-order chi connectivity index (χ0) is 22.7. The van der Waals surface area contributed by atoms with Crippen LogP contribution in [0, 0.1) is 17.5 Å². The Kier molecular flexibility index (Phi) is 6.31. The highest BCUT2D eigenvalue weighted by molar-refractivity contribution is 5.74. The Bertz CT molecular complexity index is 1210. The van der Waals surface area contributed by atoms with E-state index in [4.69, 9.17) is 0 Å². The topological polar surface area (TPSA) is 12.0 Å². The maximum Gasteiger partial charge on any atom is 0.149 e. The van der Waals surface area contributed by atoms with Crippen LogP contribution < -0.4 is 5.32 Å². The Morgan fingerprint density at radius 3 is 1.56 bits per heavy atom. The van der Waals surface area contributed by atoms with Gasteiger partial charge in [-0.2, -0.15) is 0 Å². The van der Waals surface area contributed by atoms with Crippen molar-refractivity contribution in [3.63, 3.8) is 0 Å². The number of aryl methyl sites for hydroxylation is 1. The molecule has 1 nitrogen and oxygen atoms in total. The molecule has 0 fully saturated rings. The molecule has 0 spiro atoms. The Hall–Kier alpha value is -3.53. The molecule has 0 atom stereocenters. The first-order valence-corrected chi connectivity index (χ1v) is 10.7. The second-order valence-corrected chi connectivity index (χ2v) is 7.78. The monoisotopic (exact) mass is 431 g/mol. The molecule has 4 aromatic carbocycles. The molecule has 0 radical (unpaired) electrons. The van der Waals surface area contributed by atoms with Crippen molar-refractivity contribution in [1.29, 1.82) is 0 Å². The van der Waals surface area contributed by atoms with Gasteiger partial charge in [-0.3, -0.25) is 0 Å². The zero-order valence-corrected chi connectivity index (χ0v) is 18.1. The lowest BCUT2D eigenvalue weighted by molar-refractivity contribution is 0.590. The van der Waals surface area contributed by atoms with Crippen LogP contribution in [0.25, 0.3) is 33.4 Å². The van der Waals surface area contributed by atoms with Crippen LogP contribution in [-0.2, 0) is 6.42 Å². The van der Waals surface area contributed by atoms with Gasteiger partial charge in [0.25, 0.3) is 0 Å². The molecule has 162 valence electrons. The molecule has 4 rings (SSSR count). The third kappa shape index (κ3) is 4.40. The van der Waals surface area contributed by atoms with Crippen molar-refractivity contribution < 1.29 is 13.2 Å². The Morgan fingerprint density at radius 2 is 1.06 bits per heavy atom. The van der Waals surface area contributed by atoms with Gasteiger partial charge < -0.3 is 5.32 Å². The molecule has 0 aliphatic carbocycles. The van der Waals surface area contributed by atoms with Gasteiger partial charge in [0.15, 0.2) is 0 Å². The Morgan fingerprint density at radius 1 is 0.594 bits per heavy atom. The molecule has 0 heterocycles. The van der Waals surface area contributed by atoms with Crippen LogP contribution >= 0.6 is 0 Å². The van der Waals surface area contributed by atoms with Crippen molar-refractivity contribution in [1.82, 2.24) is 0 Å². The minimum absolute atomic E-state index is 0.151. The first kappa shape index (κ1) is 21.7. The molecule has 0 saturated heterocycles. The molecule has 0 saturated carbocycles. The van der Waals surface area contributed by atoms with Crippen molar-refractivity contribution in [3.8, 4) is 33.4 Å². The third-order valence-electron chi connectivity index (χ3n) is 5.62. The second-order valence-electron chi connectivity index (χ2n) is 7.78. The van der Waals surface area contributed by atoms with Crippen molar-refractivity contribution in [2.75, 3.05) is 12.4 Å².